The maximum Gasteiger partial charge on any atom is 0.243 e. The van der Waals surface area contributed by atoms with Gasteiger partial charge in [-0.05, 0) is 52.9 Å². The molecule has 0 spiro atoms. The van der Waals surface area contributed by atoms with E-state index < -0.39 is 15.9 Å². The van der Waals surface area contributed by atoms with Gasteiger partial charge in [-0.3, -0.25) is 4.79 Å². The second-order valence-corrected chi connectivity index (χ2v) is 9.54. The van der Waals surface area contributed by atoms with E-state index in [1.165, 1.54) is 7.05 Å². The molecule has 0 aliphatic rings. The van der Waals surface area contributed by atoms with Gasteiger partial charge in [-0.2, -0.15) is 4.31 Å². The van der Waals surface area contributed by atoms with E-state index in [9.17, 15) is 13.2 Å². The predicted molar refractivity (Wildman–Crippen MR) is 123 cm³/mol. The van der Waals surface area contributed by atoms with Crippen molar-refractivity contribution in [2.75, 3.05) is 18.9 Å². The van der Waals surface area contributed by atoms with E-state index in [1.54, 1.807) is 18.2 Å². The Bertz CT molecular complexity index is 1190. The molecule has 0 aliphatic heterocycles. The van der Waals surface area contributed by atoms with Crippen LogP contribution in [0.15, 0.2) is 59.5 Å². The van der Waals surface area contributed by atoms with E-state index in [-0.39, 0.29) is 11.4 Å². The van der Waals surface area contributed by atoms with Gasteiger partial charge in [0.15, 0.2) is 0 Å². The van der Waals surface area contributed by atoms with Crippen molar-refractivity contribution in [3.63, 3.8) is 0 Å². The summed E-state index contributed by atoms with van der Waals surface area (Å²) in [6.45, 7) is 3.66. The first-order chi connectivity index (χ1) is 14.3. The highest BCUT2D eigenvalue weighted by Gasteiger charge is 2.24. The van der Waals surface area contributed by atoms with Gasteiger partial charge in [0, 0.05) is 17.8 Å². The Morgan fingerprint density at radius 2 is 1.70 bits per heavy atom. The largest absolute Gasteiger partial charge is 0.324 e. The van der Waals surface area contributed by atoms with Crippen LogP contribution in [-0.4, -0.2) is 32.2 Å². The van der Waals surface area contributed by atoms with Crippen molar-refractivity contribution in [2.24, 2.45) is 0 Å². The molecule has 0 atom stereocenters. The lowest BCUT2D eigenvalue weighted by Gasteiger charge is -2.20. The second-order valence-electron chi connectivity index (χ2n) is 7.09. The third-order valence-electron chi connectivity index (χ3n) is 5.14. The van der Waals surface area contributed by atoms with E-state index in [0.717, 1.165) is 32.6 Å². The molecular formula is C23H25ClN2O3S. The van der Waals surface area contributed by atoms with Gasteiger partial charge >= 0.3 is 0 Å². The van der Waals surface area contributed by atoms with Gasteiger partial charge in [0.05, 0.1) is 11.4 Å². The molecule has 3 aromatic rings. The van der Waals surface area contributed by atoms with Crippen LogP contribution in [0.1, 0.15) is 25.0 Å². The topological polar surface area (TPSA) is 66.5 Å². The number of likely N-dealkylation sites (N-methyl/N-ethyl adjacent to an activating group) is 1. The van der Waals surface area contributed by atoms with E-state index >= 15 is 0 Å². The van der Waals surface area contributed by atoms with Gasteiger partial charge in [-0.1, -0.05) is 61.8 Å². The summed E-state index contributed by atoms with van der Waals surface area (Å²) in [5.41, 5.74) is 2.49. The summed E-state index contributed by atoms with van der Waals surface area (Å²) >= 11 is 6.29. The number of benzene rings is 3. The van der Waals surface area contributed by atoms with Gasteiger partial charge in [0.1, 0.15) is 0 Å². The molecule has 30 heavy (non-hydrogen) atoms. The molecule has 3 rings (SSSR count). The van der Waals surface area contributed by atoms with Crippen LogP contribution in [0.2, 0.25) is 5.02 Å². The van der Waals surface area contributed by atoms with E-state index in [2.05, 4.69) is 5.32 Å². The molecular weight excluding hydrogens is 420 g/mol. The first-order valence-electron chi connectivity index (χ1n) is 9.83. The minimum absolute atomic E-state index is 0.155. The summed E-state index contributed by atoms with van der Waals surface area (Å²) in [6, 6.07) is 16.2. The Morgan fingerprint density at radius 1 is 1.00 bits per heavy atom. The van der Waals surface area contributed by atoms with Crippen LogP contribution >= 0.6 is 11.6 Å². The molecule has 5 nitrogen and oxygen atoms in total. The zero-order valence-electron chi connectivity index (χ0n) is 17.3. The summed E-state index contributed by atoms with van der Waals surface area (Å²) in [6.07, 6.45) is 1.39. The van der Waals surface area contributed by atoms with Crippen LogP contribution in [0, 0.1) is 0 Å². The summed E-state index contributed by atoms with van der Waals surface area (Å²) in [4.78, 5) is 12.9. The zero-order chi connectivity index (χ0) is 21.9. The fourth-order valence-electron chi connectivity index (χ4n) is 3.44. The van der Waals surface area contributed by atoms with Gasteiger partial charge in [0.25, 0.3) is 0 Å². The van der Waals surface area contributed by atoms with Crippen molar-refractivity contribution < 1.29 is 13.2 Å². The lowest BCUT2D eigenvalue weighted by atomic mass is 10.0. The molecule has 0 saturated heterocycles. The smallest absolute Gasteiger partial charge is 0.243 e. The number of halogens is 1. The molecule has 0 aromatic heterocycles. The molecule has 0 radical (unpaired) electrons. The molecule has 7 heteroatoms. The standard InChI is InChI=1S/C23H25ClN2O3S/c1-4-16-11-13-21(24)20(5-2)23(16)25-22(27)15-26(3)30(28,29)19-12-10-17-8-6-7-9-18(17)14-19/h6-14H,4-5,15H2,1-3H3,(H,25,27). The highest BCUT2D eigenvalue weighted by atomic mass is 35.5. The maximum atomic E-state index is 13.0. The molecule has 158 valence electrons. The Kier molecular flexibility index (Phi) is 6.81. The number of rotatable bonds is 7. The number of amides is 1. The van der Waals surface area contributed by atoms with Crippen molar-refractivity contribution in [2.45, 2.75) is 31.6 Å². The molecule has 0 saturated carbocycles. The Morgan fingerprint density at radius 3 is 2.37 bits per heavy atom. The van der Waals surface area contributed by atoms with Gasteiger partial charge < -0.3 is 5.32 Å². The second kappa shape index (κ2) is 9.16. The molecule has 1 amide bonds. The van der Waals surface area contributed by atoms with Crippen LogP contribution in [-0.2, 0) is 27.7 Å². The number of hydrogen-bond acceptors (Lipinski definition) is 3. The van der Waals surface area contributed by atoms with Crippen LogP contribution in [0.25, 0.3) is 10.8 Å². The van der Waals surface area contributed by atoms with Crippen molar-refractivity contribution in [3.05, 3.63) is 70.7 Å². The molecule has 3 aromatic carbocycles. The summed E-state index contributed by atoms with van der Waals surface area (Å²) < 4.78 is 27.0. The van der Waals surface area contributed by atoms with E-state index in [1.807, 2.05) is 50.2 Å². The fourth-order valence-corrected chi connectivity index (χ4v) is 4.90. The molecule has 1 N–H and O–H groups in total. The third kappa shape index (κ3) is 4.51. The number of aryl methyl sites for hydroxylation is 1. The van der Waals surface area contributed by atoms with Crippen molar-refractivity contribution >= 4 is 44.0 Å². The SMILES string of the molecule is CCc1ccc(Cl)c(CC)c1NC(=O)CN(C)S(=O)(=O)c1ccc2ccccc2c1. The number of hydrogen-bond donors (Lipinski definition) is 1. The number of nitrogens with one attached hydrogen (secondary N) is 1. The summed E-state index contributed by atoms with van der Waals surface area (Å²) in [7, 11) is -2.40. The number of fused-ring (bicyclic) bond motifs is 1. The zero-order valence-corrected chi connectivity index (χ0v) is 18.8. The van der Waals surface area contributed by atoms with Crippen molar-refractivity contribution in [1.82, 2.24) is 4.31 Å². The van der Waals surface area contributed by atoms with Crippen LogP contribution in [0.4, 0.5) is 5.69 Å². The van der Waals surface area contributed by atoms with Crippen molar-refractivity contribution in [1.29, 1.82) is 0 Å². The summed E-state index contributed by atoms with van der Waals surface area (Å²) in [5, 5.41) is 5.25. The quantitative estimate of drug-likeness (QED) is 0.564. The predicted octanol–water partition coefficient (Wildman–Crippen LogP) is 4.88. The lowest BCUT2D eigenvalue weighted by Crippen LogP contribution is -2.35. The molecule has 0 bridgehead atoms. The summed E-state index contributed by atoms with van der Waals surface area (Å²) in [5.74, 6) is -0.409. The first kappa shape index (κ1) is 22.3. The van der Waals surface area contributed by atoms with Gasteiger partial charge in [-0.15, -0.1) is 0 Å². The van der Waals surface area contributed by atoms with E-state index in [0.29, 0.717) is 17.1 Å². The van der Waals surface area contributed by atoms with Crippen LogP contribution in [0.5, 0.6) is 0 Å². The lowest BCUT2D eigenvalue weighted by molar-refractivity contribution is -0.116. The maximum absolute atomic E-state index is 13.0. The number of nitrogens with zero attached hydrogens (tertiary/aromatic N) is 1. The third-order valence-corrected chi connectivity index (χ3v) is 7.29. The van der Waals surface area contributed by atoms with E-state index in [4.69, 9.17) is 11.6 Å². The molecule has 0 unspecified atom stereocenters. The monoisotopic (exact) mass is 444 g/mol. The number of carbonyl (C=O) groups excluding carboxylic acids is 1. The highest BCUT2D eigenvalue weighted by Crippen LogP contribution is 2.29. The molecule has 0 aliphatic carbocycles. The minimum Gasteiger partial charge on any atom is -0.324 e. The average molecular weight is 445 g/mol. The average Bonchev–Trinajstić information content (AvgIpc) is 2.73. The minimum atomic E-state index is -3.81. The Hall–Kier alpha value is -2.41. The van der Waals surface area contributed by atoms with Crippen LogP contribution in [0.3, 0.4) is 0 Å². The highest BCUT2D eigenvalue weighted by molar-refractivity contribution is 7.89. The Labute approximate surface area is 182 Å². The first-order valence-corrected chi connectivity index (χ1v) is 11.6. The normalized spacial score (nSPS) is 11.8. The number of sulfonamides is 1. The van der Waals surface area contributed by atoms with Gasteiger partial charge in [0.2, 0.25) is 15.9 Å². The van der Waals surface area contributed by atoms with Crippen molar-refractivity contribution in [3.8, 4) is 0 Å². The Balaban J connectivity index is 1.82. The fraction of sp³-hybridized carbons (Fsp3) is 0.261. The number of carbonyl (C=O) groups is 1. The number of anilines is 1. The van der Waals surface area contributed by atoms with Crippen LogP contribution < -0.4 is 5.32 Å². The van der Waals surface area contributed by atoms with Gasteiger partial charge in [-0.25, -0.2) is 8.42 Å². The molecule has 0 heterocycles. The molecule has 0 fully saturated rings.